The zero-order valence-electron chi connectivity index (χ0n) is 17.7. The summed E-state index contributed by atoms with van der Waals surface area (Å²) < 4.78 is 0. The number of rotatable bonds is 14. The molecular formula is C26H40O2. The number of unbranched alkanes of at least 4 members (excludes halogenated alkanes) is 3. The molecule has 1 aliphatic carbocycles. The van der Waals surface area contributed by atoms with Gasteiger partial charge in [0.05, 0.1) is 0 Å². The summed E-state index contributed by atoms with van der Waals surface area (Å²) in [5.41, 5.74) is 1.32. The van der Waals surface area contributed by atoms with E-state index in [0.29, 0.717) is 12.3 Å². The Hall–Kier alpha value is -1.57. The van der Waals surface area contributed by atoms with Gasteiger partial charge in [0.1, 0.15) is 0 Å². The highest BCUT2D eigenvalue weighted by molar-refractivity contribution is 5.67. The Balaban J connectivity index is 1.52. The highest BCUT2D eigenvalue weighted by Crippen LogP contribution is 2.27. The van der Waals surface area contributed by atoms with Crippen molar-refractivity contribution < 1.29 is 9.90 Å². The third-order valence-corrected chi connectivity index (χ3v) is 6.26. The Morgan fingerprint density at radius 3 is 2.46 bits per heavy atom. The molecule has 0 aliphatic heterocycles. The molecule has 1 N–H and O–H groups in total. The number of carboxylic acid groups (broad SMARTS) is 1. The normalized spacial score (nSPS) is 16.4. The van der Waals surface area contributed by atoms with Gasteiger partial charge >= 0.3 is 5.97 Å². The summed E-state index contributed by atoms with van der Waals surface area (Å²) in [4.78, 5) is 11.2. The number of hydrogen-bond donors (Lipinski definition) is 1. The maximum Gasteiger partial charge on any atom is 0.303 e. The van der Waals surface area contributed by atoms with Crippen LogP contribution in [0.5, 0.6) is 0 Å². The minimum atomic E-state index is -0.654. The highest BCUT2D eigenvalue weighted by atomic mass is 16.4. The van der Waals surface area contributed by atoms with E-state index in [-0.39, 0.29) is 0 Å². The van der Waals surface area contributed by atoms with Crippen LogP contribution in [0.15, 0.2) is 42.5 Å². The molecule has 0 amide bonds. The zero-order chi connectivity index (χ0) is 19.9. The quantitative estimate of drug-likeness (QED) is 0.265. The van der Waals surface area contributed by atoms with Gasteiger partial charge in [-0.25, -0.2) is 0 Å². The molecule has 2 heteroatoms. The van der Waals surface area contributed by atoms with Crippen molar-refractivity contribution in [3.8, 4) is 0 Å². The van der Waals surface area contributed by atoms with Crippen LogP contribution in [0.3, 0.4) is 0 Å². The van der Waals surface area contributed by atoms with Crippen LogP contribution in [-0.4, -0.2) is 11.1 Å². The first kappa shape index (κ1) is 22.7. The van der Waals surface area contributed by atoms with E-state index in [9.17, 15) is 9.90 Å². The van der Waals surface area contributed by atoms with Gasteiger partial charge in [0.15, 0.2) is 0 Å². The molecule has 28 heavy (non-hydrogen) atoms. The third kappa shape index (κ3) is 10.7. The Labute approximate surface area is 172 Å². The lowest BCUT2D eigenvalue weighted by Crippen LogP contribution is -2.09. The number of allylic oxidation sites excluding steroid dienone is 2. The summed E-state index contributed by atoms with van der Waals surface area (Å²) in [7, 11) is 0. The second-order valence-corrected chi connectivity index (χ2v) is 8.68. The highest BCUT2D eigenvalue weighted by Gasteiger charge is 2.13. The number of aliphatic carboxylic acids is 1. The summed E-state index contributed by atoms with van der Waals surface area (Å²) in [5.74, 6) is 0.642. The van der Waals surface area contributed by atoms with E-state index in [1.807, 2.05) is 6.07 Å². The molecule has 1 fully saturated rings. The number of carboxylic acids is 1. The van der Waals surface area contributed by atoms with Crippen LogP contribution in [0.2, 0.25) is 0 Å². The van der Waals surface area contributed by atoms with Crippen LogP contribution in [0.1, 0.15) is 95.5 Å². The number of hydrogen-bond acceptors (Lipinski definition) is 1. The molecule has 0 unspecified atom stereocenters. The van der Waals surface area contributed by atoms with Crippen molar-refractivity contribution in [3.63, 3.8) is 0 Å². The average Bonchev–Trinajstić information content (AvgIpc) is 2.71. The molecule has 1 atom stereocenters. The molecule has 2 nitrogen and oxygen atoms in total. The van der Waals surface area contributed by atoms with E-state index in [1.54, 1.807) is 0 Å². The van der Waals surface area contributed by atoms with Gasteiger partial charge in [-0.15, -0.1) is 0 Å². The summed E-state index contributed by atoms with van der Waals surface area (Å²) in [6.45, 7) is 0. The standard InChI is InChI=1S/C26H40O2/c27-26(28)22-25(21-20-24-17-12-7-13-18-24)19-9-5-3-1-2-4-8-14-23-15-10-6-11-16-23/h2,4,7,12-13,17-18,23,25H,1,3,5-6,8-11,14-16,19-22H2,(H,27,28)/t25-/m1/s1. The first-order chi connectivity index (χ1) is 13.7. The second kappa shape index (κ2) is 14.4. The summed E-state index contributed by atoms with van der Waals surface area (Å²) in [6, 6.07) is 10.4. The molecule has 2 rings (SSSR count). The lowest BCUT2D eigenvalue weighted by atomic mass is 9.86. The van der Waals surface area contributed by atoms with Crippen molar-refractivity contribution >= 4 is 5.97 Å². The molecule has 0 radical (unpaired) electrons. The minimum absolute atomic E-state index is 0.309. The lowest BCUT2D eigenvalue weighted by Gasteiger charge is -2.20. The Kier molecular flexibility index (Phi) is 11.7. The van der Waals surface area contributed by atoms with Crippen molar-refractivity contribution in [1.29, 1.82) is 0 Å². The monoisotopic (exact) mass is 384 g/mol. The SMILES string of the molecule is O=C(O)C[C@H](CCCCCC=CCCC1CCCCC1)CCc1ccccc1. The molecule has 1 saturated carbocycles. The fraction of sp³-hybridized carbons (Fsp3) is 0.654. The number of carbonyl (C=O) groups is 1. The van der Waals surface area contributed by atoms with Gasteiger partial charge in [0.2, 0.25) is 0 Å². The van der Waals surface area contributed by atoms with E-state index < -0.39 is 5.97 Å². The maximum atomic E-state index is 11.2. The predicted molar refractivity (Wildman–Crippen MR) is 119 cm³/mol. The van der Waals surface area contributed by atoms with E-state index in [1.165, 1.54) is 69.8 Å². The summed E-state index contributed by atoms with van der Waals surface area (Å²) >= 11 is 0. The average molecular weight is 385 g/mol. The fourth-order valence-electron chi connectivity index (χ4n) is 4.53. The van der Waals surface area contributed by atoms with Crippen molar-refractivity contribution in [2.75, 3.05) is 0 Å². The van der Waals surface area contributed by atoms with Gasteiger partial charge in [-0.1, -0.05) is 87.4 Å². The van der Waals surface area contributed by atoms with Crippen LogP contribution in [-0.2, 0) is 11.2 Å². The van der Waals surface area contributed by atoms with E-state index in [0.717, 1.165) is 31.6 Å². The van der Waals surface area contributed by atoms with Gasteiger partial charge in [-0.2, -0.15) is 0 Å². The molecule has 0 bridgehead atoms. The molecule has 1 aromatic carbocycles. The van der Waals surface area contributed by atoms with E-state index in [4.69, 9.17) is 0 Å². The Morgan fingerprint density at radius 2 is 1.71 bits per heavy atom. The van der Waals surface area contributed by atoms with Crippen LogP contribution < -0.4 is 0 Å². The Morgan fingerprint density at radius 1 is 0.964 bits per heavy atom. The van der Waals surface area contributed by atoms with E-state index in [2.05, 4.69) is 36.4 Å². The first-order valence-electron chi connectivity index (χ1n) is 11.6. The zero-order valence-corrected chi connectivity index (χ0v) is 17.7. The largest absolute Gasteiger partial charge is 0.481 e. The molecule has 0 heterocycles. The van der Waals surface area contributed by atoms with Crippen molar-refractivity contribution in [3.05, 3.63) is 48.0 Å². The van der Waals surface area contributed by atoms with Crippen molar-refractivity contribution in [2.45, 2.75) is 96.3 Å². The van der Waals surface area contributed by atoms with Crippen LogP contribution in [0.25, 0.3) is 0 Å². The van der Waals surface area contributed by atoms with Crippen LogP contribution in [0.4, 0.5) is 0 Å². The number of benzene rings is 1. The van der Waals surface area contributed by atoms with Gasteiger partial charge in [0.25, 0.3) is 0 Å². The Bertz CT molecular complexity index is 543. The van der Waals surface area contributed by atoms with Gasteiger partial charge < -0.3 is 5.11 Å². The topological polar surface area (TPSA) is 37.3 Å². The molecule has 1 aromatic rings. The molecular weight excluding hydrogens is 344 g/mol. The lowest BCUT2D eigenvalue weighted by molar-refractivity contribution is -0.138. The van der Waals surface area contributed by atoms with Crippen LogP contribution >= 0.6 is 0 Å². The smallest absolute Gasteiger partial charge is 0.303 e. The van der Waals surface area contributed by atoms with Gasteiger partial charge in [-0.3, -0.25) is 4.79 Å². The van der Waals surface area contributed by atoms with Gasteiger partial charge in [0, 0.05) is 6.42 Å². The fourth-order valence-corrected chi connectivity index (χ4v) is 4.53. The van der Waals surface area contributed by atoms with Crippen molar-refractivity contribution in [2.24, 2.45) is 11.8 Å². The molecule has 0 saturated heterocycles. The third-order valence-electron chi connectivity index (χ3n) is 6.26. The molecule has 1 aliphatic rings. The van der Waals surface area contributed by atoms with E-state index >= 15 is 0 Å². The number of aryl methyl sites for hydroxylation is 1. The van der Waals surface area contributed by atoms with Gasteiger partial charge in [-0.05, 0) is 62.3 Å². The molecule has 0 aromatic heterocycles. The van der Waals surface area contributed by atoms with Crippen molar-refractivity contribution in [1.82, 2.24) is 0 Å². The minimum Gasteiger partial charge on any atom is -0.481 e. The van der Waals surface area contributed by atoms with Crippen LogP contribution in [0, 0.1) is 11.8 Å². The molecule has 156 valence electrons. The maximum absolute atomic E-state index is 11.2. The summed E-state index contributed by atoms with van der Waals surface area (Å²) in [6.07, 6.45) is 22.8. The second-order valence-electron chi connectivity index (χ2n) is 8.68. The predicted octanol–water partition coefficient (Wildman–Crippen LogP) is 7.58. The first-order valence-corrected chi connectivity index (χ1v) is 11.6. The summed E-state index contributed by atoms with van der Waals surface area (Å²) in [5, 5.41) is 9.19. The molecule has 0 spiro atoms.